The van der Waals surface area contributed by atoms with E-state index < -0.39 is 0 Å². The number of methoxy groups -OCH3 is 1. The predicted molar refractivity (Wildman–Crippen MR) is 95.2 cm³/mol. The SMILES string of the molecule is COc1nc2c(cc1-c1ccc3[nH]ncc3c1)nc(N)c1[nH]ncc12. The highest BCUT2D eigenvalue weighted by Crippen LogP contribution is 2.35. The summed E-state index contributed by atoms with van der Waals surface area (Å²) in [6, 6.07) is 7.93. The normalized spacial score (nSPS) is 11.6. The lowest BCUT2D eigenvalue weighted by molar-refractivity contribution is 0.401. The smallest absolute Gasteiger partial charge is 0.221 e. The van der Waals surface area contributed by atoms with Crippen molar-refractivity contribution in [2.45, 2.75) is 0 Å². The van der Waals surface area contributed by atoms with Gasteiger partial charge in [0, 0.05) is 10.9 Å². The molecule has 4 N–H and O–H groups in total. The lowest BCUT2D eigenvalue weighted by atomic mass is 10.0. The monoisotopic (exact) mass is 331 g/mol. The Hall–Kier alpha value is -3.68. The number of ether oxygens (including phenoxy) is 1. The molecule has 0 atom stereocenters. The minimum Gasteiger partial charge on any atom is -0.481 e. The summed E-state index contributed by atoms with van der Waals surface area (Å²) in [6.07, 6.45) is 3.48. The molecular weight excluding hydrogens is 318 g/mol. The van der Waals surface area contributed by atoms with Crippen LogP contribution in [-0.4, -0.2) is 37.5 Å². The summed E-state index contributed by atoms with van der Waals surface area (Å²) in [7, 11) is 1.60. The molecule has 8 nitrogen and oxygen atoms in total. The van der Waals surface area contributed by atoms with Crippen molar-refractivity contribution in [3.8, 4) is 17.0 Å². The highest BCUT2D eigenvalue weighted by molar-refractivity contribution is 6.07. The van der Waals surface area contributed by atoms with E-state index in [0.717, 1.165) is 27.4 Å². The molecule has 0 bridgehead atoms. The number of fused-ring (bicyclic) bond motifs is 4. The zero-order valence-corrected chi connectivity index (χ0v) is 13.2. The van der Waals surface area contributed by atoms with Crippen molar-refractivity contribution < 1.29 is 4.74 Å². The van der Waals surface area contributed by atoms with E-state index in [2.05, 4.69) is 30.4 Å². The average Bonchev–Trinajstić information content (AvgIpc) is 3.29. The number of aromatic nitrogens is 6. The fourth-order valence-electron chi connectivity index (χ4n) is 3.09. The van der Waals surface area contributed by atoms with Crippen LogP contribution in [0.3, 0.4) is 0 Å². The molecule has 0 saturated heterocycles. The molecule has 4 aromatic heterocycles. The van der Waals surface area contributed by atoms with Gasteiger partial charge in [0.2, 0.25) is 5.88 Å². The minimum atomic E-state index is 0.392. The molecule has 122 valence electrons. The second kappa shape index (κ2) is 4.91. The van der Waals surface area contributed by atoms with Gasteiger partial charge in [0.1, 0.15) is 16.9 Å². The molecule has 5 aromatic rings. The van der Waals surface area contributed by atoms with Crippen LogP contribution in [0.4, 0.5) is 5.82 Å². The lowest BCUT2D eigenvalue weighted by Gasteiger charge is -2.10. The first kappa shape index (κ1) is 13.7. The molecule has 0 radical (unpaired) electrons. The molecule has 0 aliphatic heterocycles. The number of H-pyrrole nitrogens is 2. The number of hydrogen-bond acceptors (Lipinski definition) is 6. The number of nitrogen functional groups attached to an aromatic ring is 1. The first-order valence-electron chi connectivity index (χ1n) is 7.65. The molecule has 0 saturated carbocycles. The van der Waals surface area contributed by atoms with Crippen molar-refractivity contribution in [3.63, 3.8) is 0 Å². The average molecular weight is 331 g/mol. The van der Waals surface area contributed by atoms with Gasteiger partial charge < -0.3 is 10.5 Å². The van der Waals surface area contributed by atoms with E-state index in [1.165, 1.54) is 0 Å². The summed E-state index contributed by atoms with van der Waals surface area (Å²) in [5, 5.41) is 15.7. The number of anilines is 1. The van der Waals surface area contributed by atoms with Gasteiger partial charge in [-0.1, -0.05) is 6.07 Å². The van der Waals surface area contributed by atoms with Crippen molar-refractivity contribution in [2.75, 3.05) is 12.8 Å². The maximum Gasteiger partial charge on any atom is 0.221 e. The number of rotatable bonds is 2. The number of pyridine rings is 2. The zero-order chi connectivity index (χ0) is 17.0. The minimum absolute atomic E-state index is 0.392. The van der Waals surface area contributed by atoms with E-state index in [-0.39, 0.29) is 0 Å². The Labute approximate surface area is 141 Å². The zero-order valence-electron chi connectivity index (χ0n) is 13.2. The highest BCUT2D eigenvalue weighted by atomic mass is 16.5. The molecule has 1 aromatic carbocycles. The van der Waals surface area contributed by atoms with E-state index in [1.54, 1.807) is 19.5 Å². The van der Waals surface area contributed by atoms with Crippen LogP contribution in [0.5, 0.6) is 5.88 Å². The Kier molecular flexibility index (Phi) is 2.69. The Morgan fingerprint density at radius 3 is 2.80 bits per heavy atom. The quantitative estimate of drug-likeness (QED) is 0.457. The van der Waals surface area contributed by atoms with Gasteiger partial charge in [-0.25, -0.2) is 9.97 Å². The molecule has 4 heterocycles. The van der Waals surface area contributed by atoms with Crippen molar-refractivity contribution in [1.82, 2.24) is 30.4 Å². The molecule has 0 fully saturated rings. The summed E-state index contributed by atoms with van der Waals surface area (Å²) in [5.74, 6) is 0.910. The molecule has 0 unspecified atom stereocenters. The largest absolute Gasteiger partial charge is 0.481 e. The number of nitrogens with zero attached hydrogens (tertiary/aromatic N) is 4. The third kappa shape index (κ3) is 1.94. The van der Waals surface area contributed by atoms with Crippen molar-refractivity contribution >= 4 is 38.7 Å². The van der Waals surface area contributed by atoms with Gasteiger partial charge in [0.15, 0.2) is 0 Å². The van der Waals surface area contributed by atoms with E-state index in [0.29, 0.717) is 28.2 Å². The second-order valence-electron chi connectivity index (χ2n) is 5.74. The lowest BCUT2D eigenvalue weighted by Crippen LogP contribution is -1.97. The van der Waals surface area contributed by atoms with Crippen molar-refractivity contribution in [3.05, 3.63) is 36.7 Å². The van der Waals surface area contributed by atoms with Crippen molar-refractivity contribution in [2.24, 2.45) is 0 Å². The van der Waals surface area contributed by atoms with Crippen LogP contribution in [0.15, 0.2) is 36.7 Å². The first-order valence-corrected chi connectivity index (χ1v) is 7.65. The van der Waals surface area contributed by atoms with E-state index in [1.807, 2.05) is 24.3 Å². The van der Waals surface area contributed by atoms with Gasteiger partial charge in [-0.15, -0.1) is 0 Å². The van der Waals surface area contributed by atoms with Crippen LogP contribution in [0, 0.1) is 0 Å². The highest BCUT2D eigenvalue weighted by Gasteiger charge is 2.15. The van der Waals surface area contributed by atoms with E-state index in [9.17, 15) is 0 Å². The fourth-order valence-corrected chi connectivity index (χ4v) is 3.09. The number of hydrogen-bond donors (Lipinski definition) is 3. The number of nitrogens with two attached hydrogens (primary N) is 1. The molecule has 0 amide bonds. The Bertz CT molecular complexity index is 1250. The molecule has 25 heavy (non-hydrogen) atoms. The van der Waals surface area contributed by atoms with Crippen LogP contribution in [0.1, 0.15) is 0 Å². The van der Waals surface area contributed by atoms with Gasteiger partial charge in [-0.2, -0.15) is 10.2 Å². The molecular formula is C17H13N7O. The summed E-state index contributed by atoms with van der Waals surface area (Å²) >= 11 is 0. The summed E-state index contributed by atoms with van der Waals surface area (Å²) in [6.45, 7) is 0. The summed E-state index contributed by atoms with van der Waals surface area (Å²) in [4.78, 5) is 9.12. The van der Waals surface area contributed by atoms with Crippen LogP contribution >= 0.6 is 0 Å². The second-order valence-corrected chi connectivity index (χ2v) is 5.74. The van der Waals surface area contributed by atoms with Crippen LogP contribution in [0.25, 0.3) is 44.0 Å². The fraction of sp³-hybridized carbons (Fsp3) is 0.0588. The van der Waals surface area contributed by atoms with Gasteiger partial charge >= 0.3 is 0 Å². The number of benzene rings is 1. The number of aromatic amines is 2. The Morgan fingerprint density at radius 1 is 1.04 bits per heavy atom. The standard InChI is InChI=1S/C17H13N7O/c1-25-17-10(8-2-3-12-9(4-8)6-19-23-12)5-13-14(22-17)11-7-20-24-15(11)16(18)21-13/h2-7H,1H3,(H2,18,21)(H,19,23)(H,20,24). The summed E-state index contributed by atoms with van der Waals surface area (Å²) < 4.78 is 5.53. The van der Waals surface area contributed by atoms with Gasteiger partial charge in [-0.3, -0.25) is 10.2 Å². The maximum atomic E-state index is 6.03. The molecule has 5 rings (SSSR count). The molecule has 0 aliphatic carbocycles. The van der Waals surface area contributed by atoms with Gasteiger partial charge in [0.05, 0.1) is 35.9 Å². The summed E-state index contributed by atoms with van der Waals surface area (Å²) in [5.41, 5.74) is 10.9. The third-order valence-electron chi connectivity index (χ3n) is 4.30. The third-order valence-corrected chi connectivity index (χ3v) is 4.30. The van der Waals surface area contributed by atoms with Crippen LogP contribution in [0.2, 0.25) is 0 Å². The molecule has 0 aliphatic rings. The van der Waals surface area contributed by atoms with E-state index >= 15 is 0 Å². The van der Waals surface area contributed by atoms with E-state index in [4.69, 9.17) is 10.5 Å². The first-order chi connectivity index (χ1) is 12.2. The Morgan fingerprint density at radius 2 is 1.92 bits per heavy atom. The Balaban J connectivity index is 1.83. The molecule has 0 spiro atoms. The van der Waals surface area contributed by atoms with Crippen molar-refractivity contribution in [1.29, 1.82) is 0 Å². The maximum absolute atomic E-state index is 6.03. The van der Waals surface area contributed by atoms with Crippen LogP contribution in [-0.2, 0) is 0 Å². The topological polar surface area (TPSA) is 118 Å². The predicted octanol–water partition coefficient (Wildman–Crippen LogP) is 2.64. The molecule has 8 heteroatoms. The van der Waals surface area contributed by atoms with Gasteiger partial charge in [-0.05, 0) is 23.8 Å². The van der Waals surface area contributed by atoms with Gasteiger partial charge in [0.25, 0.3) is 0 Å². The number of nitrogens with one attached hydrogen (secondary N) is 2. The van der Waals surface area contributed by atoms with Crippen LogP contribution < -0.4 is 10.5 Å².